The number of rotatable bonds is 6. The van der Waals surface area contributed by atoms with E-state index in [0.717, 1.165) is 5.56 Å². The molecule has 0 saturated carbocycles. The summed E-state index contributed by atoms with van der Waals surface area (Å²) in [6, 6.07) is 5.04. The minimum atomic E-state index is -0.341. The fraction of sp³-hybridized carbons (Fsp3) is 0.235. The van der Waals surface area contributed by atoms with Crippen LogP contribution in [0.15, 0.2) is 36.8 Å². The Hall–Kier alpha value is -3.29. The van der Waals surface area contributed by atoms with Gasteiger partial charge in [0.25, 0.3) is 5.91 Å². The molecule has 2 N–H and O–H groups in total. The SMILES string of the molecule is O=C(CCCNC(=O)c1cnccn1)Nc1ccc2c(c1)COC2=O. The molecule has 0 atom stereocenters. The maximum absolute atomic E-state index is 11.9. The van der Waals surface area contributed by atoms with Gasteiger partial charge < -0.3 is 15.4 Å². The van der Waals surface area contributed by atoms with E-state index < -0.39 is 0 Å². The van der Waals surface area contributed by atoms with E-state index in [1.165, 1.54) is 18.6 Å². The van der Waals surface area contributed by atoms with Crippen LogP contribution in [0.4, 0.5) is 5.69 Å². The van der Waals surface area contributed by atoms with Crippen molar-refractivity contribution in [1.29, 1.82) is 0 Å². The van der Waals surface area contributed by atoms with Crippen LogP contribution in [0, 0.1) is 0 Å². The van der Waals surface area contributed by atoms with Gasteiger partial charge in [0.2, 0.25) is 5.91 Å². The van der Waals surface area contributed by atoms with Crippen molar-refractivity contribution >= 4 is 23.5 Å². The number of cyclic esters (lactones) is 1. The number of ether oxygens (including phenoxy) is 1. The molecular weight excluding hydrogens is 324 g/mol. The summed E-state index contributed by atoms with van der Waals surface area (Å²) in [6.07, 6.45) is 5.06. The molecule has 0 unspecified atom stereocenters. The standard InChI is InChI=1S/C17H16N4O4/c22-15(2-1-5-20-16(23)14-9-18-6-7-19-14)21-12-3-4-13-11(8-12)10-25-17(13)24/h3-4,6-9H,1-2,5,10H2,(H,20,23)(H,21,22). The van der Waals surface area contributed by atoms with Crippen LogP contribution in [0.1, 0.15) is 39.3 Å². The van der Waals surface area contributed by atoms with Gasteiger partial charge in [-0.05, 0) is 24.6 Å². The zero-order chi connectivity index (χ0) is 17.6. The lowest BCUT2D eigenvalue weighted by molar-refractivity contribution is -0.116. The van der Waals surface area contributed by atoms with Crippen molar-refractivity contribution in [3.8, 4) is 0 Å². The molecule has 1 aromatic heterocycles. The summed E-state index contributed by atoms with van der Waals surface area (Å²) >= 11 is 0. The summed E-state index contributed by atoms with van der Waals surface area (Å²) in [6.45, 7) is 0.585. The van der Waals surface area contributed by atoms with E-state index >= 15 is 0 Å². The summed E-state index contributed by atoms with van der Waals surface area (Å²) in [4.78, 5) is 42.8. The van der Waals surface area contributed by atoms with Gasteiger partial charge in [-0.1, -0.05) is 0 Å². The monoisotopic (exact) mass is 340 g/mol. The Bertz CT molecular complexity index is 808. The largest absolute Gasteiger partial charge is 0.457 e. The summed E-state index contributed by atoms with van der Waals surface area (Å²) in [5, 5.41) is 5.45. The Kier molecular flexibility index (Phi) is 4.98. The molecule has 3 rings (SSSR count). The van der Waals surface area contributed by atoms with Crippen LogP contribution >= 0.6 is 0 Å². The van der Waals surface area contributed by atoms with Crippen molar-refractivity contribution < 1.29 is 19.1 Å². The third kappa shape index (κ3) is 4.17. The number of carbonyl (C=O) groups excluding carboxylic acids is 3. The van der Waals surface area contributed by atoms with Gasteiger partial charge in [-0.3, -0.25) is 14.6 Å². The third-order valence-corrected chi connectivity index (χ3v) is 3.63. The van der Waals surface area contributed by atoms with Crippen LogP contribution in [-0.4, -0.2) is 34.3 Å². The Morgan fingerprint density at radius 1 is 1.24 bits per heavy atom. The normalized spacial score (nSPS) is 12.2. The highest BCUT2D eigenvalue weighted by atomic mass is 16.5. The molecule has 1 aliphatic rings. The molecule has 0 fully saturated rings. The van der Waals surface area contributed by atoms with Gasteiger partial charge in [-0.2, -0.15) is 0 Å². The van der Waals surface area contributed by atoms with E-state index in [9.17, 15) is 14.4 Å². The highest BCUT2D eigenvalue weighted by molar-refractivity contribution is 5.96. The minimum absolute atomic E-state index is 0.168. The molecule has 1 aromatic carbocycles. The zero-order valence-corrected chi connectivity index (χ0v) is 13.3. The number of nitrogens with one attached hydrogen (secondary N) is 2. The molecule has 0 bridgehead atoms. The predicted molar refractivity (Wildman–Crippen MR) is 87.8 cm³/mol. The second-order valence-electron chi connectivity index (χ2n) is 5.45. The molecule has 8 nitrogen and oxygen atoms in total. The fourth-order valence-corrected chi connectivity index (χ4v) is 2.39. The Morgan fingerprint density at radius 2 is 2.12 bits per heavy atom. The molecular formula is C17H16N4O4. The zero-order valence-electron chi connectivity index (χ0n) is 13.3. The molecule has 8 heteroatoms. The van der Waals surface area contributed by atoms with E-state index in [1.807, 2.05) is 0 Å². The van der Waals surface area contributed by atoms with E-state index in [-0.39, 0.29) is 36.5 Å². The maximum atomic E-state index is 11.9. The highest BCUT2D eigenvalue weighted by Gasteiger charge is 2.21. The number of amides is 2. The summed E-state index contributed by atoms with van der Waals surface area (Å²) in [5.41, 5.74) is 2.15. The van der Waals surface area contributed by atoms with Crippen molar-refractivity contribution in [3.05, 3.63) is 53.6 Å². The summed E-state index contributed by atoms with van der Waals surface area (Å²) in [7, 11) is 0. The van der Waals surface area contributed by atoms with Crippen LogP contribution < -0.4 is 10.6 Å². The molecule has 128 valence electrons. The smallest absolute Gasteiger partial charge is 0.338 e. The van der Waals surface area contributed by atoms with Gasteiger partial charge in [0.05, 0.1) is 11.8 Å². The molecule has 0 saturated heterocycles. The van der Waals surface area contributed by atoms with Gasteiger partial charge in [-0.25, -0.2) is 9.78 Å². The second kappa shape index (κ2) is 7.52. The van der Waals surface area contributed by atoms with Crippen molar-refractivity contribution in [1.82, 2.24) is 15.3 Å². The lowest BCUT2D eigenvalue weighted by atomic mass is 10.1. The lowest BCUT2D eigenvalue weighted by Gasteiger charge is -2.07. The van der Waals surface area contributed by atoms with E-state index in [1.54, 1.807) is 18.2 Å². The van der Waals surface area contributed by atoms with E-state index in [4.69, 9.17) is 4.74 Å². The summed E-state index contributed by atoms with van der Waals surface area (Å²) < 4.78 is 4.92. The predicted octanol–water partition coefficient (Wildman–Crippen LogP) is 1.30. The van der Waals surface area contributed by atoms with Gasteiger partial charge >= 0.3 is 5.97 Å². The van der Waals surface area contributed by atoms with Crippen LogP contribution in [0.25, 0.3) is 0 Å². The quantitative estimate of drug-likeness (QED) is 0.606. The number of aromatic nitrogens is 2. The second-order valence-corrected chi connectivity index (χ2v) is 5.45. The van der Waals surface area contributed by atoms with Crippen molar-refractivity contribution in [2.24, 2.45) is 0 Å². The summed E-state index contributed by atoms with van der Waals surface area (Å²) in [5.74, 6) is -0.831. The first-order chi connectivity index (χ1) is 12.1. The Labute approximate surface area is 143 Å². The number of benzene rings is 1. The number of carbonyl (C=O) groups is 3. The first-order valence-corrected chi connectivity index (χ1v) is 7.77. The maximum Gasteiger partial charge on any atom is 0.338 e. The molecule has 2 amide bonds. The van der Waals surface area contributed by atoms with Crippen molar-refractivity contribution in [2.45, 2.75) is 19.4 Å². The van der Waals surface area contributed by atoms with Crippen molar-refractivity contribution in [3.63, 3.8) is 0 Å². The van der Waals surface area contributed by atoms with Crippen LogP contribution in [-0.2, 0) is 16.1 Å². The topological polar surface area (TPSA) is 110 Å². The fourth-order valence-electron chi connectivity index (χ4n) is 2.39. The van der Waals surface area contributed by atoms with Crippen LogP contribution in [0.2, 0.25) is 0 Å². The number of fused-ring (bicyclic) bond motifs is 1. The molecule has 0 spiro atoms. The molecule has 2 heterocycles. The molecule has 0 aliphatic carbocycles. The van der Waals surface area contributed by atoms with E-state index in [2.05, 4.69) is 20.6 Å². The van der Waals surface area contributed by atoms with Crippen LogP contribution in [0.3, 0.4) is 0 Å². The number of hydrogen-bond acceptors (Lipinski definition) is 6. The van der Waals surface area contributed by atoms with E-state index in [0.29, 0.717) is 24.2 Å². The van der Waals surface area contributed by atoms with Gasteiger partial charge in [-0.15, -0.1) is 0 Å². The number of esters is 1. The third-order valence-electron chi connectivity index (χ3n) is 3.63. The Balaban J connectivity index is 1.41. The lowest BCUT2D eigenvalue weighted by Crippen LogP contribution is -2.26. The molecule has 1 aliphatic heterocycles. The number of hydrogen-bond donors (Lipinski definition) is 2. The first kappa shape index (κ1) is 16.6. The Morgan fingerprint density at radius 3 is 2.92 bits per heavy atom. The number of nitrogens with zero attached hydrogens (tertiary/aromatic N) is 2. The van der Waals surface area contributed by atoms with Gasteiger partial charge in [0, 0.05) is 36.6 Å². The minimum Gasteiger partial charge on any atom is -0.457 e. The number of anilines is 1. The van der Waals surface area contributed by atoms with Gasteiger partial charge in [0.15, 0.2) is 0 Å². The molecule has 25 heavy (non-hydrogen) atoms. The average Bonchev–Trinajstić information content (AvgIpc) is 3.00. The first-order valence-electron chi connectivity index (χ1n) is 7.77. The van der Waals surface area contributed by atoms with Gasteiger partial charge in [0.1, 0.15) is 12.3 Å². The van der Waals surface area contributed by atoms with Crippen LogP contribution in [0.5, 0.6) is 0 Å². The molecule has 2 aromatic rings. The van der Waals surface area contributed by atoms with Crippen molar-refractivity contribution in [2.75, 3.05) is 11.9 Å². The molecule has 0 radical (unpaired) electrons. The average molecular weight is 340 g/mol. The highest BCUT2D eigenvalue weighted by Crippen LogP contribution is 2.23.